The van der Waals surface area contributed by atoms with Crippen LogP contribution in [-0.2, 0) is 9.53 Å². The average Bonchev–Trinajstić information content (AvgIpc) is 2.53. The van der Waals surface area contributed by atoms with Crippen LogP contribution in [0.25, 0.3) is 10.9 Å². The Bertz CT molecular complexity index is 781. The van der Waals surface area contributed by atoms with Crippen molar-refractivity contribution < 1.29 is 9.53 Å². The van der Waals surface area contributed by atoms with E-state index in [0.717, 1.165) is 26.6 Å². The summed E-state index contributed by atoms with van der Waals surface area (Å²) in [5.74, 6) is -0.456. The Labute approximate surface area is 151 Å². The number of fused-ring (bicyclic) bond motifs is 1. The molecule has 24 heavy (non-hydrogen) atoms. The predicted molar refractivity (Wildman–Crippen MR) is 97.6 cm³/mol. The molecule has 126 valence electrons. The van der Waals surface area contributed by atoms with Gasteiger partial charge < -0.3 is 4.74 Å². The van der Waals surface area contributed by atoms with Gasteiger partial charge in [0.2, 0.25) is 0 Å². The van der Waals surface area contributed by atoms with E-state index in [-0.39, 0.29) is 11.9 Å². The number of halogens is 1. The highest BCUT2D eigenvalue weighted by Crippen LogP contribution is 2.29. The Kier molecular flexibility index (Phi) is 6.33. The molecule has 1 aromatic heterocycles. The summed E-state index contributed by atoms with van der Waals surface area (Å²) in [5, 5.41) is 9.88. The van der Waals surface area contributed by atoms with Gasteiger partial charge in [0, 0.05) is 22.0 Å². The SMILES string of the molecule is Cc1nc2cc(Br)ccc2cc1C(CCC#N)C(=O)OCC(C)C. The van der Waals surface area contributed by atoms with Crippen molar-refractivity contribution in [1.82, 2.24) is 4.98 Å². The molecule has 0 bridgehead atoms. The summed E-state index contributed by atoms with van der Waals surface area (Å²) in [5.41, 5.74) is 2.51. The fourth-order valence-electron chi connectivity index (χ4n) is 2.56. The molecule has 1 aromatic carbocycles. The van der Waals surface area contributed by atoms with Gasteiger partial charge in [-0.15, -0.1) is 0 Å². The van der Waals surface area contributed by atoms with E-state index in [0.29, 0.717) is 19.4 Å². The molecule has 0 saturated heterocycles. The number of hydrogen-bond donors (Lipinski definition) is 0. The molecule has 0 saturated carbocycles. The second-order valence-electron chi connectivity index (χ2n) is 6.27. The summed E-state index contributed by atoms with van der Waals surface area (Å²) in [4.78, 5) is 17.2. The molecule has 0 fully saturated rings. The third-order valence-corrected chi connectivity index (χ3v) is 4.27. The summed E-state index contributed by atoms with van der Waals surface area (Å²) in [6, 6.07) is 9.98. The fraction of sp³-hybridized carbons (Fsp3) is 0.421. The van der Waals surface area contributed by atoms with E-state index >= 15 is 0 Å². The first-order valence-electron chi connectivity index (χ1n) is 8.02. The van der Waals surface area contributed by atoms with Gasteiger partial charge in [-0.05, 0) is 43.0 Å². The van der Waals surface area contributed by atoms with Gasteiger partial charge in [-0.1, -0.05) is 35.8 Å². The lowest BCUT2D eigenvalue weighted by Gasteiger charge is -2.18. The summed E-state index contributed by atoms with van der Waals surface area (Å²) in [6.07, 6.45) is 0.747. The second kappa shape index (κ2) is 8.25. The molecule has 0 aliphatic carbocycles. The Morgan fingerprint density at radius 3 is 2.79 bits per heavy atom. The van der Waals surface area contributed by atoms with E-state index in [1.54, 1.807) is 0 Å². The van der Waals surface area contributed by atoms with Gasteiger partial charge in [-0.25, -0.2) is 0 Å². The minimum atomic E-state index is -0.455. The third-order valence-electron chi connectivity index (χ3n) is 3.77. The predicted octanol–water partition coefficient (Wildman–Crippen LogP) is 4.89. The third kappa shape index (κ3) is 4.55. The van der Waals surface area contributed by atoms with Crippen molar-refractivity contribution in [1.29, 1.82) is 5.26 Å². The number of nitrogens with zero attached hydrogens (tertiary/aromatic N) is 2. The lowest BCUT2D eigenvalue weighted by Crippen LogP contribution is -2.19. The highest BCUT2D eigenvalue weighted by Gasteiger charge is 2.25. The molecule has 0 aliphatic heterocycles. The highest BCUT2D eigenvalue weighted by molar-refractivity contribution is 9.10. The smallest absolute Gasteiger partial charge is 0.313 e. The van der Waals surface area contributed by atoms with E-state index < -0.39 is 5.92 Å². The van der Waals surface area contributed by atoms with E-state index in [9.17, 15) is 4.79 Å². The van der Waals surface area contributed by atoms with Gasteiger partial charge in [-0.3, -0.25) is 9.78 Å². The molecular weight excluding hydrogens is 368 g/mol. The van der Waals surface area contributed by atoms with E-state index in [4.69, 9.17) is 10.00 Å². The molecule has 0 spiro atoms. The molecule has 0 N–H and O–H groups in total. The van der Waals surface area contributed by atoms with Gasteiger partial charge in [0.05, 0.1) is 24.1 Å². The number of aromatic nitrogens is 1. The number of nitriles is 1. The number of pyridine rings is 1. The zero-order valence-corrected chi connectivity index (χ0v) is 15.8. The first-order chi connectivity index (χ1) is 11.4. The number of rotatable bonds is 6. The van der Waals surface area contributed by atoms with E-state index in [1.807, 2.05) is 45.0 Å². The number of esters is 1. The number of ether oxygens (including phenoxy) is 1. The number of benzene rings is 1. The Hall–Kier alpha value is -1.93. The zero-order chi connectivity index (χ0) is 17.7. The van der Waals surface area contributed by atoms with Crippen molar-refractivity contribution in [2.45, 2.75) is 39.5 Å². The fourth-order valence-corrected chi connectivity index (χ4v) is 2.91. The number of carbonyl (C=O) groups excluding carboxylic acids is 1. The molecule has 2 aromatic rings. The van der Waals surface area contributed by atoms with Crippen molar-refractivity contribution >= 4 is 32.8 Å². The molecule has 4 nitrogen and oxygen atoms in total. The van der Waals surface area contributed by atoms with Gasteiger partial charge >= 0.3 is 5.97 Å². The maximum atomic E-state index is 12.5. The molecule has 2 rings (SSSR count). The second-order valence-corrected chi connectivity index (χ2v) is 7.19. The topological polar surface area (TPSA) is 63.0 Å². The average molecular weight is 389 g/mol. The van der Waals surface area contributed by atoms with Crippen LogP contribution in [0, 0.1) is 24.2 Å². The number of carbonyl (C=O) groups is 1. The highest BCUT2D eigenvalue weighted by atomic mass is 79.9. The Morgan fingerprint density at radius 2 is 2.12 bits per heavy atom. The molecule has 0 amide bonds. The first-order valence-corrected chi connectivity index (χ1v) is 8.82. The van der Waals surface area contributed by atoms with Crippen molar-refractivity contribution in [3.63, 3.8) is 0 Å². The number of aryl methyl sites for hydroxylation is 1. The van der Waals surface area contributed by atoms with Crippen LogP contribution in [0.5, 0.6) is 0 Å². The van der Waals surface area contributed by atoms with Crippen molar-refractivity contribution in [2.24, 2.45) is 5.92 Å². The molecule has 1 unspecified atom stereocenters. The normalized spacial score (nSPS) is 12.2. The quantitative estimate of drug-likeness (QED) is 0.660. The maximum absolute atomic E-state index is 12.5. The van der Waals surface area contributed by atoms with Crippen molar-refractivity contribution in [2.75, 3.05) is 6.61 Å². The van der Waals surface area contributed by atoms with Gasteiger partial charge in [-0.2, -0.15) is 5.26 Å². The van der Waals surface area contributed by atoms with E-state index in [2.05, 4.69) is 27.0 Å². The van der Waals surface area contributed by atoms with Crippen LogP contribution in [0.1, 0.15) is 43.9 Å². The Morgan fingerprint density at radius 1 is 1.38 bits per heavy atom. The monoisotopic (exact) mass is 388 g/mol. The van der Waals surface area contributed by atoms with E-state index in [1.165, 1.54) is 0 Å². The molecular formula is C19H21BrN2O2. The minimum Gasteiger partial charge on any atom is -0.465 e. The molecule has 5 heteroatoms. The van der Waals surface area contributed by atoms with Crippen molar-refractivity contribution in [3.8, 4) is 6.07 Å². The molecule has 1 heterocycles. The van der Waals surface area contributed by atoms with Crippen molar-refractivity contribution in [3.05, 3.63) is 40.0 Å². The summed E-state index contributed by atoms with van der Waals surface area (Å²) >= 11 is 3.45. The standard InChI is InChI=1S/C19H21BrN2O2/c1-12(2)11-24-19(23)16(5-4-8-21)17-9-14-6-7-15(20)10-18(14)22-13(17)3/h6-7,9-10,12,16H,4-5,11H2,1-3H3. The zero-order valence-electron chi connectivity index (χ0n) is 14.2. The van der Waals surface area contributed by atoms with Crippen LogP contribution in [0.3, 0.4) is 0 Å². The van der Waals surface area contributed by atoms with Crippen LogP contribution in [0.15, 0.2) is 28.7 Å². The first kappa shape index (κ1) is 18.4. The van der Waals surface area contributed by atoms with Crippen LogP contribution < -0.4 is 0 Å². The van der Waals surface area contributed by atoms with Gasteiger partial charge in [0.25, 0.3) is 0 Å². The summed E-state index contributed by atoms with van der Waals surface area (Å²) in [7, 11) is 0. The summed E-state index contributed by atoms with van der Waals surface area (Å²) < 4.78 is 6.38. The maximum Gasteiger partial charge on any atom is 0.313 e. The van der Waals surface area contributed by atoms with Crippen LogP contribution in [-0.4, -0.2) is 17.6 Å². The minimum absolute atomic E-state index is 0.277. The number of hydrogen-bond acceptors (Lipinski definition) is 4. The molecule has 0 radical (unpaired) electrons. The van der Waals surface area contributed by atoms with Gasteiger partial charge in [0.15, 0.2) is 0 Å². The van der Waals surface area contributed by atoms with Crippen LogP contribution in [0.4, 0.5) is 0 Å². The van der Waals surface area contributed by atoms with Gasteiger partial charge in [0.1, 0.15) is 0 Å². The molecule has 0 aliphatic rings. The largest absolute Gasteiger partial charge is 0.465 e. The van der Waals surface area contributed by atoms with Crippen LogP contribution in [0.2, 0.25) is 0 Å². The van der Waals surface area contributed by atoms with Crippen LogP contribution >= 0.6 is 15.9 Å². The molecule has 1 atom stereocenters. The lowest BCUT2D eigenvalue weighted by molar-refractivity contribution is -0.146. The lowest BCUT2D eigenvalue weighted by atomic mass is 9.92. The summed E-state index contributed by atoms with van der Waals surface area (Å²) in [6.45, 7) is 6.27. The Balaban J connectivity index is 2.39.